The van der Waals surface area contributed by atoms with E-state index in [0.29, 0.717) is 16.8 Å². The van der Waals surface area contributed by atoms with Crippen molar-refractivity contribution in [3.05, 3.63) is 58.8 Å². The van der Waals surface area contributed by atoms with E-state index in [1.165, 1.54) is 19.8 Å². The molecular weight excluding hydrogens is 338 g/mol. The maximum atomic E-state index is 12.0. The van der Waals surface area contributed by atoms with E-state index in [-0.39, 0.29) is 0 Å². The van der Waals surface area contributed by atoms with E-state index in [1.54, 1.807) is 12.2 Å². The fraction of sp³-hybridized carbons (Fsp3) is 0.316. The Morgan fingerprint density at radius 3 is 2.80 bits per heavy atom. The number of para-hydroxylation sites is 1. The number of carbonyl (C=O) groups is 1. The standard InChI is InChI=1S/C19H19NO4S/c1-23-18-14(19(22)24-2)7-8-17(15(18)11-21)20-9-10-25-12-13-5-3-4-6-16(13)20/h3-8,18H,9-10,12H2,1-2H3. The van der Waals surface area contributed by atoms with Crippen LogP contribution in [0.15, 0.2) is 53.3 Å². The van der Waals surface area contributed by atoms with E-state index in [9.17, 15) is 9.59 Å². The first-order valence-corrected chi connectivity index (χ1v) is 9.08. The molecule has 1 heterocycles. The normalized spacial score (nSPS) is 20.0. The number of fused-ring (bicyclic) bond motifs is 1. The number of ether oxygens (including phenoxy) is 2. The molecule has 6 heteroatoms. The lowest BCUT2D eigenvalue weighted by molar-refractivity contribution is -0.137. The number of nitrogens with zero attached hydrogens (tertiary/aromatic N) is 1. The van der Waals surface area contributed by atoms with E-state index in [4.69, 9.17) is 9.47 Å². The molecule has 3 rings (SSSR count). The van der Waals surface area contributed by atoms with Gasteiger partial charge in [0.25, 0.3) is 0 Å². The molecule has 0 aromatic heterocycles. The zero-order valence-electron chi connectivity index (χ0n) is 14.2. The molecule has 1 unspecified atom stereocenters. The quantitative estimate of drug-likeness (QED) is 0.612. The van der Waals surface area contributed by atoms with Gasteiger partial charge in [0.2, 0.25) is 0 Å². The van der Waals surface area contributed by atoms with Gasteiger partial charge >= 0.3 is 5.97 Å². The summed E-state index contributed by atoms with van der Waals surface area (Å²) in [6, 6.07) is 8.14. The first-order chi connectivity index (χ1) is 12.2. The fourth-order valence-electron chi connectivity index (χ4n) is 3.12. The van der Waals surface area contributed by atoms with Crippen LogP contribution < -0.4 is 4.90 Å². The van der Waals surface area contributed by atoms with Gasteiger partial charge in [-0.05, 0) is 23.8 Å². The Morgan fingerprint density at radius 1 is 1.28 bits per heavy atom. The largest absolute Gasteiger partial charge is 0.466 e. The van der Waals surface area contributed by atoms with Crippen LogP contribution in [-0.4, -0.2) is 44.5 Å². The SMILES string of the molecule is COC(=O)C1=CC=C(N2CCSCc3ccccc32)C(=C=O)C1OC. The number of thioether (sulfide) groups is 1. The van der Waals surface area contributed by atoms with Crippen LogP contribution in [0.2, 0.25) is 0 Å². The van der Waals surface area contributed by atoms with E-state index < -0.39 is 12.1 Å². The van der Waals surface area contributed by atoms with Crippen LogP contribution in [0.4, 0.5) is 5.69 Å². The van der Waals surface area contributed by atoms with Crippen LogP contribution in [0.3, 0.4) is 0 Å². The third-order valence-electron chi connectivity index (χ3n) is 4.30. The van der Waals surface area contributed by atoms with Crippen LogP contribution in [-0.2, 0) is 24.8 Å². The number of benzene rings is 1. The predicted molar refractivity (Wildman–Crippen MR) is 98.1 cm³/mol. The molecule has 0 bridgehead atoms. The number of hydrogen-bond donors (Lipinski definition) is 0. The summed E-state index contributed by atoms with van der Waals surface area (Å²) in [4.78, 5) is 25.8. The van der Waals surface area contributed by atoms with Gasteiger partial charge < -0.3 is 14.4 Å². The average molecular weight is 357 g/mol. The highest BCUT2D eigenvalue weighted by Gasteiger charge is 2.34. The summed E-state index contributed by atoms with van der Waals surface area (Å²) in [5.41, 5.74) is 3.60. The van der Waals surface area contributed by atoms with Crippen LogP contribution in [0, 0.1) is 0 Å². The summed E-state index contributed by atoms with van der Waals surface area (Å²) in [5, 5.41) is 0. The average Bonchev–Trinajstić information content (AvgIpc) is 2.88. The third kappa shape index (κ3) is 3.29. The minimum atomic E-state index is -0.784. The monoisotopic (exact) mass is 357 g/mol. The second-order valence-electron chi connectivity index (χ2n) is 5.63. The number of esters is 1. The highest BCUT2D eigenvalue weighted by Crippen LogP contribution is 2.36. The maximum absolute atomic E-state index is 12.0. The second kappa shape index (κ2) is 7.74. The van der Waals surface area contributed by atoms with Gasteiger partial charge in [-0.1, -0.05) is 18.2 Å². The van der Waals surface area contributed by atoms with Gasteiger partial charge in [-0.2, -0.15) is 11.8 Å². The molecule has 2 aliphatic rings. The number of hydrogen-bond acceptors (Lipinski definition) is 6. The highest BCUT2D eigenvalue weighted by molar-refractivity contribution is 7.98. The van der Waals surface area contributed by atoms with Crippen molar-refractivity contribution in [2.24, 2.45) is 0 Å². The summed E-state index contributed by atoms with van der Waals surface area (Å²) in [7, 11) is 2.77. The molecule has 0 saturated heterocycles. The van der Waals surface area contributed by atoms with Crippen LogP contribution >= 0.6 is 11.8 Å². The molecule has 0 saturated carbocycles. The first kappa shape index (κ1) is 17.5. The molecule has 0 radical (unpaired) electrons. The summed E-state index contributed by atoms with van der Waals surface area (Å²) in [6.45, 7) is 0.760. The van der Waals surface area contributed by atoms with Crippen molar-refractivity contribution in [3.63, 3.8) is 0 Å². The number of anilines is 1. The molecular formula is C19H19NO4S. The van der Waals surface area contributed by atoms with Gasteiger partial charge in [0.1, 0.15) is 12.0 Å². The Labute approximate surface area is 151 Å². The van der Waals surface area contributed by atoms with Crippen LogP contribution in [0.5, 0.6) is 0 Å². The van der Waals surface area contributed by atoms with Crippen LogP contribution in [0.1, 0.15) is 5.56 Å². The van der Waals surface area contributed by atoms with Crippen molar-refractivity contribution < 1.29 is 19.1 Å². The lowest BCUT2D eigenvalue weighted by Gasteiger charge is -2.32. The van der Waals surface area contributed by atoms with Gasteiger partial charge in [0.05, 0.1) is 24.0 Å². The molecule has 25 heavy (non-hydrogen) atoms. The Morgan fingerprint density at radius 2 is 2.08 bits per heavy atom. The molecule has 1 aliphatic heterocycles. The summed E-state index contributed by atoms with van der Waals surface area (Å²) >= 11 is 1.85. The van der Waals surface area contributed by atoms with Crippen LogP contribution in [0.25, 0.3) is 0 Å². The summed E-state index contributed by atoms with van der Waals surface area (Å²) in [5.74, 6) is 3.34. The number of methoxy groups -OCH3 is 2. The van der Waals surface area contributed by atoms with Gasteiger partial charge in [-0.25, -0.2) is 9.59 Å². The Hall–Kier alpha value is -2.27. The smallest absolute Gasteiger partial charge is 0.336 e. The Kier molecular flexibility index (Phi) is 5.43. The molecule has 0 amide bonds. The molecule has 1 atom stereocenters. The first-order valence-electron chi connectivity index (χ1n) is 7.92. The lowest BCUT2D eigenvalue weighted by Crippen LogP contribution is -2.34. The minimum absolute atomic E-state index is 0.296. The number of carbonyl (C=O) groups excluding carboxylic acids is 2. The molecule has 1 aromatic rings. The zero-order valence-corrected chi connectivity index (χ0v) is 15.0. The number of rotatable bonds is 3. The lowest BCUT2D eigenvalue weighted by atomic mass is 9.93. The topological polar surface area (TPSA) is 55.8 Å². The Bertz CT molecular complexity index is 792. The van der Waals surface area contributed by atoms with Gasteiger partial charge in [-0.3, -0.25) is 0 Å². The molecule has 5 nitrogen and oxygen atoms in total. The maximum Gasteiger partial charge on any atom is 0.336 e. The van der Waals surface area contributed by atoms with Crippen molar-refractivity contribution in [1.82, 2.24) is 0 Å². The van der Waals surface area contributed by atoms with Crippen molar-refractivity contribution >= 4 is 29.4 Å². The molecule has 130 valence electrons. The van der Waals surface area contributed by atoms with E-state index in [0.717, 1.165) is 23.7 Å². The van der Waals surface area contributed by atoms with Gasteiger partial charge in [0.15, 0.2) is 0 Å². The molecule has 1 aliphatic carbocycles. The van der Waals surface area contributed by atoms with Crippen molar-refractivity contribution in [3.8, 4) is 0 Å². The van der Waals surface area contributed by atoms with Gasteiger partial charge in [0, 0.05) is 30.8 Å². The third-order valence-corrected chi connectivity index (χ3v) is 5.28. The van der Waals surface area contributed by atoms with Gasteiger partial charge in [-0.15, -0.1) is 0 Å². The van der Waals surface area contributed by atoms with E-state index in [2.05, 4.69) is 11.0 Å². The summed E-state index contributed by atoms with van der Waals surface area (Å²) in [6.07, 6.45) is 2.65. The molecule has 0 N–H and O–H groups in total. The minimum Gasteiger partial charge on any atom is -0.466 e. The molecule has 0 fully saturated rings. The molecule has 1 aromatic carbocycles. The fourth-order valence-corrected chi connectivity index (χ4v) is 4.04. The number of allylic oxidation sites excluding steroid dienone is 2. The van der Waals surface area contributed by atoms with E-state index >= 15 is 0 Å². The predicted octanol–water partition coefficient (Wildman–Crippen LogP) is 2.51. The van der Waals surface area contributed by atoms with E-state index in [1.807, 2.05) is 35.9 Å². The summed E-state index contributed by atoms with van der Waals surface area (Å²) < 4.78 is 10.2. The molecule has 0 spiro atoms. The highest BCUT2D eigenvalue weighted by atomic mass is 32.2. The zero-order chi connectivity index (χ0) is 17.8. The second-order valence-corrected chi connectivity index (χ2v) is 6.74. The Balaban J connectivity index is 2.09. The van der Waals surface area contributed by atoms with Crippen molar-refractivity contribution in [1.29, 1.82) is 0 Å². The van der Waals surface area contributed by atoms with Crippen molar-refractivity contribution in [2.45, 2.75) is 11.9 Å². The van der Waals surface area contributed by atoms with Crippen molar-refractivity contribution in [2.75, 3.05) is 31.4 Å².